The number of hydrogen-bond donors (Lipinski definition) is 0. The normalized spacial score (nSPS) is 23.0. The number of benzene rings is 1. The molecule has 1 unspecified atom stereocenters. The maximum absolute atomic E-state index is 12.5. The number of likely N-dealkylation sites (tertiary alicyclic amines) is 1. The third kappa shape index (κ3) is 2.28. The van der Waals surface area contributed by atoms with Crippen LogP contribution in [-0.4, -0.2) is 44.6 Å². The Morgan fingerprint density at radius 2 is 2.22 bits per heavy atom. The lowest BCUT2D eigenvalue weighted by Crippen LogP contribution is -2.49. The van der Waals surface area contributed by atoms with Crippen LogP contribution in [0, 0.1) is 0 Å². The third-order valence-electron chi connectivity index (χ3n) is 4.50. The standard InChI is InChI=1S/C16H16N4O3/c21-14(8-20-11-17-10-18-20)19-7-3-6-16(9-19)13-5-2-1-4-12(13)15(22)23-16/h1-2,4-5,10-11H,3,6-9H2. The molecule has 0 saturated carbocycles. The minimum absolute atomic E-state index is 0.0463. The van der Waals surface area contributed by atoms with Gasteiger partial charge in [0.05, 0.1) is 12.1 Å². The molecule has 1 spiro atoms. The summed E-state index contributed by atoms with van der Waals surface area (Å²) in [5.74, 6) is -0.346. The zero-order valence-corrected chi connectivity index (χ0v) is 12.5. The molecule has 1 aromatic heterocycles. The van der Waals surface area contributed by atoms with Crippen molar-refractivity contribution in [1.82, 2.24) is 19.7 Å². The number of amides is 1. The van der Waals surface area contributed by atoms with Crippen LogP contribution in [-0.2, 0) is 21.7 Å². The minimum atomic E-state index is -0.704. The lowest BCUT2D eigenvalue weighted by atomic mass is 9.85. The monoisotopic (exact) mass is 312 g/mol. The summed E-state index contributed by atoms with van der Waals surface area (Å²) < 4.78 is 7.21. The molecule has 7 heteroatoms. The zero-order chi connectivity index (χ0) is 15.9. The molecule has 2 aromatic rings. The van der Waals surface area contributed by atoms with Gasteiger partial charge in [0, 0.05) is 12.1 Å². The van der Waals surface area contributed by atoms with Crippen molar-refractivity contribution in [3.05, 3.63) is 48.0 Å². The highest BCUT2D eigenvalue weighted by molar-refractivity contribution is 5.95. The van der Waals surface area contributed by atoms with Gasteiger partial charge in [-0.2, -0.15) is 5.10 Å². The number of nitrogens with zero attached hydrogens (tertiary/aromatic N) is 4. The van der Waals surface area contributed by atoms with Gasteiger partial charge >= 0.3 is 5.97 Å². The maximum atomic E-state index is 12.5. The second kappa shape index (κ2) is 5.19. The molecule has 2 aliphatic heterocycles. The topological polar surface area (TPSA) is 77.3 Å². The molecule has 1 amide bonds. The summed E-state index contributed by atoms with van der Waals surface area (Å²) >= 11 is 0. The van der Waals surface area contributed by atoms with Gasteiger partial charge in [0.15, 0.2) is 5.60 Å². The van der Waals surface area contributed by atoms with E-state index in [1.807, 2.05) is 18.2 Å². The maximum Gasteiger partial charge on any atom is 0.339 e. The summed E-state index contributed by atoms with van der Waals surface area (Å²) in [6.45, 7) is 1.20. The largest absolute Gasteiger partial charge is 0.449 e. The second-order valence-corrected chi connectivity index (χ2v) is 5.94. The molecule has 1 atom stereocenters. The van der Waals surface area contributed by atoms with Crippen molar-refractivity contribution in [1.29, 1.82) is 0 Å². The fourth-order valence-corrected chi connectivity index (χ4v) is 3.44. The van der Waals surface area contributed by atoms with E-state index in [-0.39, 0.29) is 18.4 Å². The number of fused-ring (bicyclic) bond motifs is 2. The lowest BCUT2D eigenvalue weighted by molar-refractivity contribution is -0.139. The van der Waals surface area contributed by atoms with Gasteiger partial charge in [-0.15, -0.1) is 0 Å². The molecule has 23 heavy (non-hydrogen) atoms. The molecule has 0 radical (unpaired) electrons. The SMILES string of the molecule is O=C1OC2(CCCN(C(=O)Cn3cncn3)C2)c2ccccc21. The van der Waals surface area contributed by atoms with Crippen LogP contribution >= 0.6 is 0 Å². The number of esters is 1. The van der Waals surface area contributed by atoms with Crippen molar-refractivity contribution >= 4 is 11.9 Å². The number of ether oxygens (including phenoxy) is 1. The molecule has 0 N–H and O–H groups in total. The first kappa shape index (κ1) is 13.9. The Morgan fingerprint density at radius 3 is 3.04 bits per heavy atom. The Kier molecular flexibility index (Phi) is 3.14. The highest BCUT2D eigenvalue weighted by Gasteiger charge is 2.48. The summed E-state index contributed by atoms with van der Waals surface area (Å²) in [7, 11) is 0. The molecule has 3 heterocycles. The van der Waals surface area contributed by atoms with E-state index >= 15 is 0 Å². The number of aromatic nitrogens is 3. The Bertz CT molecular complexity index is 758. The fraction of sp³-hybridized carbons (Fsp3) is 0.375. The molecule has 0 bridgehead atoms. The highest BCUT2D eigenvalue weighted by atomic mass is 16.6. The molecular weight excluding hydrogens is 296 g/mol. The molecule has 0 aliphatic carbocycles. The van der Waals surface area contributed by atoms with Gasteiger partial charge in [-0.3, -0.25) is 4.79 Å². The van der Waals surface area contributed by atoms with Gasteiger partial charge in [-0.25, -0.2) is 14.5 Å². The fourth-order valence-electron chi connectivity index (χ4n) is 3.44. The van der Waals surface area contributed by atoms with Gasteiger partial charge < -0.3 is 9.64 Å². The van der Waals surface area contributed by atoms with E-state index in [0.717, 1.165) is 18.4 Å². The predicted octanol–water partition coefficient (Wildman–Crippen LogP) is 0.966. The van der Waals surface area contributed by atoms with Crippen LogP contribution in [0.4, 0.5) is 0 Å². The van der Waals surface area contributed by atoms with Crippen molar-refractivity contribution in [2.24, 2.45) is 0 Å². The average Bonchev–Trinajstić information content (AvgIpc) is 3.16. The van der Waals surface area contributed by atoms with E-state index in [1.165, 1.54) is 17.3 Å². The molecule has 1 saturated heterocycles. The lowest BCUT2D eigenvalue weighted by Gasteiger charge is -2.39. The van der Waals surface area contributed by atoms with Crippen molar-refractivity contribution in [2.75, 3.05) is 13.1 Å². The first-order valence-electron chi connectivity index (χ1n) is 7.61. The molecule has 118 valence electrons. The van der Waals surface area contributed by atoms with E-state index in [2.05, 4.69) is 10.1 Å². The highest BCUT2D eigenvalue weighted by Crippen LogP contribution is 2.42. The summed E-state index contributed by atoms with van der Waals surface area (Å²) in [4.78, 5) is 30.2. The number of rotatable bonds is 2. The Hall–Kier alpha value is -2.70. The summed E-state index contributed by atoms with van der Waals surface area (Å²) in [5, 5.41) is 3.96. The van der Waals surface area contributed by atoms with Crippen LogP contribution in [0.15, 0.2) is 36.9 Å². The quantitative estimate of drug-likeness (QED) is 0.772. The van der Waals surface area contributed by atoms with Crippen LogP contribution in [0.1, 0.15) is 28.8 Å². The van der Waals surface area contributed by atoms with E-state index in [0.29, 0.717) is 18.7 Å². The van der Waals surface area contributed by atoms with E-state index in [4.69, 9.17) is 4.74 Å². The third-order valence-corrected chi connectivity index (χ3v) is 4.50. The first-order valence-corrected chi connectivity index (χ1v) is 7.61. The van der Waals surface area contributed by atoms with Gasteiger partial charge in [-0.05, 0) is 18.9 Å². The Labute approximate surface area is 132 Å². The number of carbonyl (C=O) groups is 2. The molecule has 4 rings (SSSR count). The van der Waals surface area contributed by atoms with E-state index in [9.17, 15) is 9.59 Å². The average molecular weight is 312 g/mol. The van der Waals surface area contributed by atoms with Gasteiger partial charge in [-0.1, -0.05) is 18.2 Å². The van der Waals surface area contributed by atoms with E-state index in [1.54, 1.807) is 11.0 Å². The smallest absolute Gasteiger partial charge is 0.339 e. The Morgan fingerprint density at radius 1 is 1.35 bits per heavy atom. The second-order valence-electron chi connectivity index (χ2n) is 5.94. The molecule has 1 aromatic carbocycles. The van der Waals surface area contributed by atoms with Gasteiger partial charge in [0.25, 0.3) is 0 Å². The number of hydrogen-bond acceptors (Lipinski definition) is 5. The van der Waals surface area contributed by atoms with Crippen LogP contribution in [0.5, 0.6) is 0 Å². The molecule has 1 fully saturated rings. The van der Waals surface area contributed by atoms with Gasteiger partial charge in [0.1, 0.15) is 19.2 Å². The van der Waals surface area contributed by atoms with Crippen LogP contribution in [0.2, 0.25) is 0 Å². The van der Waals surface area contributed by atoms with Crippen LogP contribution in [0.25, 0.3) is 0 Å². The summed E-state index contributed by atoms with van der Waals surface area (Å²) in [6, 6.07) is 7.43. The molecule has 2 aliphatic rings. The van der Waals surface area contributed by atoms with Crippen molar-refractivity contribution in [2.45, 2.75) is 25.0 Å². The minimum Gasteiger partial charge on any atom is -0.449 e. The zero-order valence-electron chi connectivity index (χ0n) is 12.5. The van der Waals surface area contributed by atoms with Crippen molar-refractivity contribution in [3.63, 3.8) is 0 Å². The molecule has 7 nitrogen and oxygen atoms in total. The summed E-state index contributed by atoms with van der Waals surface area (Å²) in [5.41, 5.74) is 0.797. The van der Waals surface area contributed by atoms with Crippen molar-refractivity contribution in [3.8, 4) is 0 Å². The van der Waals surface area contributed by atoms with Gasteiger partial charge in [0.2, 0.25) is 5.91 Å². The van der Waals surface area contributed by atoms with Crippen LogP contribution < -0.4 is 0 Å². The summed E-state index contributed by atoms with van der Waals surface area (Å²) in [6.07, 6.45) is 4.45. The first-order chi connectivity index (χ1) is 11.2. The number of carbonyl (C=O) groups excluding carboxylic acids is 2. The predicted molar refractivity (Wildman–Crippen MR) is 79.4 cm³/mol. The van der Waals surface area contributed by atoms with Crippen LogP contribution in [0.3, 0.4) is 0 Å². The van der Waals surface area contributed by atoms with E-state index < -0.39 is 5.60 Å². The number of piperidine rings is 1. The van der Waals surface area contributed by atoms with Crippen molar-refractivity contribution < 1.29 is 14.3 Å². The molecular formula is C16H16N4O3. The Balaban J connectivity index is 1.58.